The molecule has 0 bridgehead atoms. The van der Waals surface area contributed by atoms with Gasteiger partial charge in [-0.2, -0.15) is 4.98 Å². The Bertz CT molecular complexity index is 873. The second kappa shape index (κ2) is 7.23. The van der Waals surface area contributed by atoms with E-state index in [0.29, 0.717) is 41.9 Å². The monoisotopic (exact) mass is 400 g/mol. The minimum Gasteiger partial charge on any atom is -0.375 e. The molecular formula is C21H28N4O4. The number of carbonyl (C=O) groups is 1. The largest absolute Gasteiger partial charge is 0.375 e. The van der Waals surface area contributed by atoms with Crippen molar-refractivity contribution in [3.05, 3.63) is 28.7 Å². The zero-order valence-corrected chi connectivity index (χ0v) is 17.1. The highest BCUT2D eigenvalue weighted by Gasteiger charge is 2.42. The topological polar surface area (TPSA) is 94.5 Å². The van der Waals surface area contributed by atoms with Crippen molar-refractivity contribution in [2.45, 2.75) is 70.3 Å². The minimum atomic E-state index is -0.137. The lowest BCUT2D eigenvalue weighted by atomic mass is 9.78. The van der Waals surface area contributed by atoms with Crippen molar-refractivity contribution >= 4 is 5.91 Å². The Morgan fingerprint density at radius 2 is 1.93 bits per heavy atom. The number of likely N-dealkylation sites (tertiary alicyclic amines) is 1. The quantitative estimate of drug-likeness (QED) is 0.778. The van der Waals surface area contributed by atoms with Gasteiger partial charge in [-0.25, -0.2) is 0 Å². The summed E-state index contributed by atoms with van der Waals surface area (Å²) in [6.45, 7) is 5.76. The van der Waals surface area contributed by atoms with Crippen molar-refractivity contribution in [2.24, 2.45) is 5.92 Å². The van der Waals surface area contributed by atoms with Crippen molar-refractivity contribution in [1.82, 2.24) is 20.2 Å². The summed E-state index contributed by atoms with van der Waals surface area (Å²) in [5, 5.41) is 8.11. The summed E-state index contributed by atoms with van der Waals surface area (Å²) in [5.41, 5.74) is 1.13. The molecule has 1 aliphatic carbocycles. The van der Waals surface area contributed by atoms with E-state index in [9.17, 15) is 4.79 Å². The van der Waals surface area contributed by atoms with Gasteiger partial charge in [0, 0.05) is 32.0 Å². The normalized spacial score (nSPS) is 24.2. The van der Waals surface area contributed by atoms with Crippen LogP contribution in [0.3, 0.4) is 0 Å². The van der Waals surface area contributed by atoms with E-state index in [0.717, 1.165) is 50.4 Å². The van der Waals surface area contributed by atoms with E-state index in [4.69, 9.17) is 13.8 Å². The van der Waals surface area contributed by atoms with E-state index in [2.05, 4.69) is 15.3 Å². The third-order valence-corrected chi connectivity index (χ3v) is 6.69. The first-order chi connectivity index (χ1) is 14.0. The Kier molecular flexibility index (Phi) is 4.69. The maximum Gasteiger partial charge on any atom is 0.259 e. The molecule has 3 aliphatic rings. The van der Waals surface area contributed by atoms with Crippen LogP contribution < -0.4 is 0 Å². The van der Waals surface area contributed by atoms with Crippen molar-refractivity contribution < 1.29 is 18.6 Å². The van der Waals surface area contributed by atoms with E-state index in [1.807, 2.05) is 11.8 Å². The number of hydrogen-bond acceptors (Lipinski definition) is 7. The van der Waals surface area contributed by atoms with Crippen LogP contribution in [0.4, 0.5) is 0 Å². The predicted molar refractivity (Wildman–Crippen MR) is 102 cm³/mol. The number of aromatic nitrogens is 3. The summed E-state index contributed by atoms with van der Waals surface area (Å²) in [6, 6.07) is 0. The van der Waals surface area contributed by atoms with E-state index in [1.165, 1.54) is 12.8 Å². The molecule has 8 heteroatoms. The molecule has 1 unspecified atom stereocenters. The number of amides is 1. The molecule has 2 aromatic heterocycles. The first-order valence-corrected chi connectivity index (χ1v) is 10.7. The number of piperidine rings is 1. The van der Waals surface area contributed by atoms with Crippen LogP contribution in [0.15, 0.2) is 9.05 Å². The Labute approximate surface area is 169 Å². The molecule has 156 valence electrons. The molecular weight excluding hydrogens is 372 g/mol. The number of ether oxygens (including phenoxy) is 1. The molecule has 2 aliphatic heterocycles. The molecule has 4 heterocycles. The van der Waals surface area contributed by atoms with Crippen molar-refractivity contribution in [1.29, 1.82) is 0 Å². The SMILES string of the molecule is Cc1noc(C)c1C(=O)N1CCC2(CC1)CC(Cc1noc(C3CC3)n1)CCO2. The maximum atomic E-state index is 12.9. The Morgan fingerprint density at radius 3 is 2.62 bits per heavy atom. The highest BCUT2D eigenvalue weighted by molar-refractivity contribution is 5.96. The number of carbonyl (C=O) groups excluding carboxylic acids is 1. The van der Waals surface area contributed by atoms with Gasteiger partial charge in [0.15, 0.2) is 5.82 Å². The van der Waals surface area contributed by atoms with Crippen molar-refractivity contribution in [3.8, 4) is 0 Å². The number of nitrogens with zero attached hydrogens (tertiary/aromatic N) is 4. The predicted octanol–water partition coefficient (Wildman–Crippen LogP) is 3.20. The summed E-state index contributed by atoms with van der Waals surface area (Å²) in [6.07, 6.45) is 6.93. The summed E-state index contributed by atoms with van der Waals surface area (Å²) in [5.74, 6) is 3.25. The van der Waals surface area contributed by atoms with E-state index in [1.54, 1.807) is 6.92 Å². The summed E-state index contributed by atoms with van der Waals surface area (Å²) >= 11 is 0. The lowest BCUT2D eigenvalue weighted by molar-refractivity contribution is -0.123. The Hall–Kier alpha value is -2.22. The lowest BCUT2D eigenvalue weighted by Crippen LogP contribution is -2.51. The fourth-order valence-corrected chi connectivity index (χ4v) is 4.82. The van der Waals surface area contributed by atoms with Crippen molar-refractivity contribution in [3.63, 3.8) is 0 Å². The first kappa shape index (κ1) is 18.8. The first-order valence-electron chi connectivity index (χ1n) is 10.7. The minimum absolute atomic E-state index is 0.0165. The van der Waals surface area contributed by atoms with Crippen LogP contribution >= 0.6 is 0 Å². The van der Waals surface area contributed by atoms with Gasteiger partial charge in [0.2, 0.25) is 5.89 Å². The molecule has 0 aromatic carbocycles. The molecule has 1 spiro atoms. The molecule has 8 nitrogen and oxygen atoms in total. The second-order valence-corrected chi connectivity index (χ2v) is 8.91. The van der Waals surface area contributed by atoms with Crippen LogP contribution in [0.25, 0.3) is 0 Å². The molecule has 2 aromatic rings. The fourth-order valence-electron chi connectivity index (χ4n) is 4.82. The van der Waals surface area contributed by atoms with Crippen LogP contribution in [0.1, 0.15) is 78.0 Å². The van der Waals surface area contributed by atoms with Crippen molar-refractivity contribution in [2.75, 3.05) is 19.7 Å². The second-order valence-electron chi connectivity index (χ2n) is 8.91. The molecule has 1 amide bonds. The van der Waals surface area contributed by atoms with Gasteiger partial charge in [0.05, 0.1) is 11.3 Å². The number of rotatable bonds is 4. The standard InChI is InChI=1S/C21H28N4O4/c1-13-18(14(2)28-23-13)20(26)25-8-6-21(7-9-25)12-15(5-10-27-21)11-17-22-19(29-24-17)16-3-4-16/h15-16H,3-12H2,1-2H3. The molecule has 0 N–H and O–H groups in total. The van der Waals surface area contributed by atoms with E-state index >= 15 is 0 Å². The number of hydrogen-bond donors (Lipinski definition) is 0. The third-order valence-electron chi connectivity index (χ3n) is 6.69. The highest BCUT2D eigenvalue weighted by atomic mass is 16.5. The molecule has 1 atom stereocenters. The van der Waals surface area contributed by atoms with Crippen LogP contribution in [0.2, 0.25) is 0 Å². The summed E-state index contributed by atoms with van der Waals surface area (Å²) < 4.78 is 16.8. The van der Waals surface area contributed by atoms with Gasteiger partial charge in [-0.1, -0.05) is 10.3 Å². The molecule has 29 heavy (non-hydrogen) atoms. The summed E-state index contributed by atoms with van der Waals surface area (Å²) in [7, 11) is 0. The van der Waals surface area contributed by atoms with Crippen LogP contribution in [0.5, 0.6) is 0 Å². The van der Waals surface area contributed by atoms with Crippen LogP contribution in [-0.4, -0.2) is 51.4 Å². The van der Waals surface area contributed by atoms with Crippen LogP contribution in [0, 0.1) is 19.8 Å². The molecule has 3 fully saturated rings. The summed E-state index contributed by atoms with van der Waals surface area (Å²) in [4.78, 5) is 19.4. The average Bonchev–Trinajstić information content (AvgIpc) is 3.37. The highest BCUT2D eigenvalue weighted by Crippen LogP contribution is 2.41. The van der Waals surface area contributed by atoms with Gasteiger partial charge in [0.25, 0.3) is 5.91 Å². The maximum absolute atomic E-state index is 12.9. The van der Waals surface area contributed by atoms with Gasteiger partial charge in [-0.3, -0.25) is 4.79 Å². The fraction of sp³-hybridized carbons (Fsp3) is 0.714. The van der Waals surface area contributed by atoms with Gasteiger partial charge < -0.3 is 18.7 Å². The van der Waals surface area contributed by atoms with E-state index < -0.39 is 0 Å². The third kappa shape index (κ3) is 3.70. The zero-order chi connectivity index (χ0) is 20.0. The Balaban J connectivity index is 1.20. The zero-order valence-electron chi connectivity index (χ0n) is 17.1. The Morgan fingerprint density at radius 1 is 1.14 bits per heavy atom. The number of aryl methyl sites for hydroxylation is 2. The molecule has 1 saturated carbocycles. The smallest absolute Gasteiger partial charge is 0.259 e. The van der Waals surface area contributed by atoms with Gasteiger partial charge in [-0.05, 0) is 58.3 Å². The molecule has 2 saturated heterocycles. The molecule has 5 rings (SSSR count). The molecule has 0 radical (unpaired) electrons. The average molecular weight is 400 g/mol. The van der Waals surface area contributed by atoms with Crippen LogP contribution in [-0.2, 0) is 11.2 Å². The van der Waals surface area contributed by atoms with Gasteiger partial charge in [-0.15, -0.1) is 0 Å². The van der Waals surface area contributed by atoms with Gasteiger partial charge in [0.1, 0.15) is 11.3 Å². The van der Waals surface area contributed by atoms with Gasteiger partial charge >= 0.3 is 0 Å². The lowest BCUT2D eigenvalue weighted by Gasteiger charge is -2.46. The van der Waals surface area contributed by atoms with E-state index in [-0.39, 0.29) is 11.5 Å².